The van der Waals surface area contributed by atoms with Crippen molar-refractivity contribution < 1.29 is 9.53 Å². The van der Waals surface area contributed by atoms with E-state index >= 15 is 0 Å². The molecule has 0 aromatic heterocycles. The summed E-state index contributed by atoms with van der Waals surface area (Å²) in [5.74, 6) is 0.918. The van der Waals surface area contributed by atoms with Crippen LogP contribution in [0.4, 0.5) is 0 Å². The molecule has 1 N–H and O–H groups in total. The third-order valence-corrected chi connectivity index (χ3v) is 4.13. The van der Waals surface area contributed by atoms with Gasteiger partial charge in [-0.2, -0.15) is 0 Å². The van der Waals surface area contributed by atoms with Crippen LogP contribution in [0.3, 0.4) is 0 Å². The van der Waals surface area contributed by atoms with Gasteiger partial charge in [0, 0.05) is 5.41 Å². The molecule has 2 nitrogen and oxygen atoms in total. The Morgan fingerprint density at radius 2 is 1.88 bits per heavy atom. The normalized spacial score (nSPS) is 20.5. The monoisotopic (exact) mass is 254 g/mol. The molecule has 0 aromatic carbocycles. The van der Waals surface area contributed by atoms with Gasteiger partial charge in [-0.1, -0.05) is 38.0 Å². The van der Waals surface area contributed by atoms with E-state index in [2.05, 4.69) is 32.3 Å². The summed E-state index contributed by atoms with van der Waals surface area (Å²) in [6, 6.07) is 0. The van der Waals surface area contributed by atoms with E-state index in [1.165, 1.54) is 19.3 Å². The van der Waals surface area contributed by atoms with Crippen LogP contribution in [-0.4, -0.2) is 20.0 Å². The molecule has 0 amide bonds. The molecule has 98 valence electrons. The van der Waals surface area contributed by atoms with Crippen molar-refractivity contribution in [3.05, 3.63) is 24.5 Å². The van der Waals surface area contributed by atoms with Gasteiger partial charge in [0.25, 0.3) is 0 Å². The zero-order chi connectivity index (χ0) is 12.9. The van der Waals surface area contributed by atoms with E-state index in [-0.39, 0.29) is 12.0 Å². The summed E-state index contributed by atoms with van der Waals surface area (Å²) in [6.07, 6.45) is 9.92. The predicted molar refractivity (Wildman–Crippen MR) is 75.3 cm³/mol. The highest BCUT2D eigenvalue weighted by atomic mass is 28.4. The van der Waals surface area contributed by atoms with Crippen LogP contribution < -0.4 is 0 Å². The van der Waals surface area contributed by atoms with E-state index in [0.29, 0.717) is 0 Å². The zero-order valence-electron chi connectivity index (χ0n) is 11.5. The van der Waals surface area contributed by atoms with Crippen LogP contribution in [-0.2, 0) is 4.43 Å². The molecule has 0 spiro atoms. The Balaban J connectivity index is 2.82. The second kappa shape index (κ2) is 5.87. The Hall–Kier alpha value is -0.543. The molecule has 17 heavy (non-hydrogen) atoms. The van der Waals surface area contributed by atoms with Crippen LogP contribution in [0, 0.1) is 5.41 Å². The lowest BCUT2D eigenvalue weighted by Gasteiger charge is -2.39. The Bertz CT molecular complexity index is 283. The average molecular weight is 254 g/mol. The van der Waals surface area contributed by atoms with E-state index < -0.39 is 8.32 Å². The van der Waals surface area contributed by atoms with Gasteiger partial charge in [0.15, 0.2) is 0 Å². The van der Waals surface area contributed by atoms with Gasteiger partial charge < -0.3 is 9.53 Å². The van der Waals surface area contributed by atoms with Gasteiger partial charge in [0.2, 0.25) is 8.32 Å². The molecule has 0 saturated heterocycles. The molecule has 1 rings (SSSR count). The van der Waals surface area contributed by atoms with E-state index in [4.69, 9.17) is 9.53 Å². The summed E-state index contributed by atoms with van der Waals surface area (Å²) >= 11 is 0. The second-order valence-electron chi connectivity index (χ2n) is 5.94. The number of aliphatic hydroxyl groups is 1. The summed E-state index contributed by atoms with van der Waals surface area (Å²) in [5.41, 5.74) is -0.0265. The quantitative estimate of drug-likeness (QED) is 0.459. The second-order valence-corrected chi connectivity index (χ2v) is 10.4. The van der Waals surface area contributed by atoms with Gasteiger partial charge in [0.1, 0.15) is 0 Å². The number of hydrogen-bond donors (Lipinski definition) is 1. The molecule has 3 heteroatoms. The SMILES string of the molecule is C=C(O[Si](C)(C)C)C1(/C=C/CO)CCCCC1. The van der Waals surface area contributed by atoms with Crippen molar-refractivity contribution in [1.29, 1.82) is 0 Å². The van der Waals surface area contributed by atoms with Gasteiger partial charge in [0.05, 0.1) is 12.4 Å². The first-order valence-electron chi connectivity index (χ1n) is 6.57. The lowest BCUT2D eigenvalue weighted by atomic mass is 9.73. The largest absolute Gasteiger partial charge is 0.547 e. The number of rotatable bonds is 5. The minimum absolute atomic E-state index is 0.0265. The van der Waals surface area contributed by atoms with E-state index in [9.17, 15) is 0 Å². The first-order valence-corrected chi connectivity index (χ1v) is 9.97. The molecule has 0 unspecified atom stereocenters. The maximum absolute atomic E-state index is 8.98. The highest BCUT2D eigenvalue weighted by Crippen LogP contribution is 2.44. The number of aliphatic hydroxyl groups excluding tert-OH is 1. The minimum atomic E-state index is -1.59. The van der Waals surface area contributed by atoms with E-state index in [1.54, 1.807) is 0 Å². The molecule has 0 heterocycles. The lowest BCUT2D eigenvalue weighted by Crippen LogP contribution is -2.33. The van der Waals surface area contributed by atoms with Crippen LogP contribution in [0.15, 0.2) is 24.5 Å². The highest BCUT2D eigenvalue weighted by Gasteiger charge is 2.35. The van der Waals surface area contributed by atoms with Crippen LogP contribution in [0.5, 0.6) is 0 Å². The van der Waals surface area contributed by atoms with E-state index in [0.717, 1.165) is 18.6 Å². The Labute approximate surface area is 107 Å². The molecular weight excluding hydrogens is 228 g/mol. The zero-order valence-corrected chi connectivity index (χ0v) is 12.5. The molecule has 1 aliphatic rings. The van der Waals surface area contributed by atoms with Gasteiger partial charge in [-0.3, -0.25) is 0 Å². The molecule has 0 atom stereocenters. The van der Waals surface area contributed by atoms with Crippen molar-refractivity contribution in [3.63, 3.8) is 0 Å². The van der Waals surface area contributed by atoms with E-state index in [1.807, 2.05) is 6.08 Å². The molecule has 1 saturated carbocycles. The molecule has 0 aromatic rings. The van der Waals surface area contributed by atoms with Crippen molar-refractivity contribution in [3.8, 4) is 0 Å². The average Bonchev–Trinajstić information content (AvgIpc) is 2.25. The van der Waals surface area contributed by atoms with Crippen molar-refractivity contribution in [2.24, 2.45) is 5.41 Å². The Morgan fingerprint density at radius 3 is 2.35 bits per heavy atom. The first-order chi connectivity index (χ1) is 7.90. The first kappa shape index (κ1) is 14.5. The number of hydrogen-bond acceptors (Lipinski definition) is 2. The lowest BCUT2D eigenvalue weighted by molar-refractivity contribution is 0.215. The topological polar surface area (TPSA) is 29.5 Å². The summed E-state index contributed by atoms with van der Waals surface area (Å²) in [4.78, 5) is 0. The maximum Gasteiger partial charge on any atom is 0.241 e. The van der Waals surface area contributed by atoms with Crippen LogP contribution >= 0.6 is 0 Å². The fourth-order valence-corrected chi connectivity index (χ4v) is 3.41. The summed E-state index contributed by atoms with van der Waals surface area (Å²) in [7, 11) is -1.59. The molecule has 1 fully saturated rings. The third kappa shape index (κ3) is 4.32. The Morgan fingerprint density at radius 1 is 1.29 bits per heavy atom. The summed E-state index contributed by atoms with van der Waals surface area (Å²) < 4.78 is 6.09. The molecular formula is C14H26O2Si. The van der Waals surface area contributed by atoms with Gasteiger partial charge in [-0.25, -0.2) is 0 Å². The standard InChI is InChI=1S/C14H26O2Si/c1-13(16-17(2,3)4)14(11-8-12-15)9-6-5-7-10-14/h8,11,15H,1,5-7,9-10,12H2,2-4H3/b11-8+. The summed E-state index contributed by atoms with van der Waals surface area (Å²) in [6.45, 7) is 10.8. The smallest absolute Gasteiger partial charge is 0.241 e. The maximum atomic E-state index is 8.98. The van der Waals surface area contributed by atoms with Gasteiger partial charge >= 0.3 is 0 Å². The number of allylic oxidation sites excluding steroid dienone is 1. The van der Waals surface area contributed by atoms with Crippen LogP contribution in [0.25, 0.3) is 0 Å². The highest BCUT2D eigenvalue weighted by molar-refractivity contribution is 6.70. The summed E-state index contributed by atoms with van der Waals surface area (Å²) in [5, 5.41) is 8.98. The molecule has 0 bridgehead atoms. The Kier molecular flexibility index (Phi) is 5.01. The van der Waals surface area contributed by atoms with Crippen molar-refractivity contribution in [1.82, 2.24) is 0 Å². The molecule has 0 aliphatic heterocycles. The van der Waals surface area contributed by atoms with Gasteiger partial charge in [-0.05, 0) is 32.5 Å². The third-order valence-electron chi connectivity index (χ3n) is 3.27. The fourth-order valence-electron chi connectivity index (χ4n) is 2.47. The van der Waals surface area contributed by atoms with Gasteiger partial charge in [-0.15, -0.1) is 0 Å². The van der Waals surface area contributed by atoms with Crippen molar-refractivity contribution >= 4 is 8.32 Å². The minimum Gasteiger partial charge on any atom is -0.547 e. The fraction of sp³-hybridized carbons (Fsp3) is 0.714. The van der Waals surface area contributed by atoms with Crippen molar-refractivity contribution in [2.75, 3.05) is 6.61 Å². The predicted octanol–water partition coefficient (Wildman–Crippen LogP) is 3.85. The molecule has 1 aliphatic carbocycles. The molecule has 0 radical (unpaired) electrons. The van der Waals surface area contributed by atoms with Crippen LogP contribution in [0.2, 0.25) is 19.6 Å². The van der Waals surface area contributed by atoms with Crippen LogP contribution in [0.1, 0.15) is 32.1 Å². The van der Waals surface area contributed by atoms with Crippen molar-refractivity contribution in [2.45, 2.75) is 51.7 Å².